The number of rotatable bonds is 4. The fraction of sp³-hybridized carbons (Fsp3) is 0.222. The van der Waals surface area contributed by atoms with Crippen LogP contribution < -0.4 is 5.56 Å². The van der Waals surface area contributed by atoms with E-state index >= 15 is 0 Å². The third-order valence-electron chi connectivity index (χ3n) is 3.77. The minimum absolute atomic E-state index is 0.00644. The van der Waals surface area contributed by atoms with Crippen molar-refractivity contribution in [3.8, 4) is 0 Å². The number of halogens is 1. The minimum Gasteiger partial charge on any atom is -0.287 e. The Morgan fingerprint density at radius 3 is 2.61 bits per heavy atom. The molecule has 1 aromatic heterocycles. The Morgan fingerprint density at radius 1 is 1.17 bits per heavy atom. The van der Waals surface area contributed by atoms with Crippen molar-refractivity contribution in [3.63, 3.8) is 0 Å². The van der Waals surface area contributed by atoms with Crippen molar-refractivity contribution in [2.24, 2.45) is 0 Å². The average Bonchev–Trinajstić information content (AvgIpc) is 2.55. The first-order valence-electron chi connectivity index (χ1n) is 7.52. The van der Waals surface area contributed by atoms with Crippen LogP contribution in [0.1, 0.15) is 24.7 Å². The first kappa shape index (κ1) is 16.1. The Kier molecular flexibility index (Phi) is 4.74. The van der Waals surface area contributed by atoms with Crippen molar-refractivity contribution in [1.82, 2.24) is 9.55 Å². The van der Waals surface area contributed by atoms with Crippen LogP contribution in [-0.4, -0.2) is 9.55 Å². The zero-order chi connectivity index (χ0) is 16.4. The summed E-state index contributed by atoms with van der Waals surface area (Å²) >= 11 is 7.84. The topological polar surface area (TPSA) is 34.9 Å². The van der Waals surface area contributed by atoms with Gasteiger partial charge in [-0.25, -0.2) is 4.98 Å². The summed E-state index contributed by atoms with van der Waals surface area (Å²) in [5, 5.41) is 2.22. The standard InChI is InChI=1S/C18H17ClN2OS/c1-3-21-17(22)14-9-5-7-11-16(14)20-18(21)23-12(2)13-8-4-6-10-15(13)19/h4-12H,3H2,1-2H3/t12-/m0/s1. The maximum absolute atomic E-state index is 12.6. The molecule has 0 unspecified atom stereocenters. The van der Waals surface area contributed by atoms with Crippen LogP contribution in [-0.2, 0) is 6.54 Å². The number of para-hydroxylation sites is 1. The zero-order valence-electron chi connectivity index (χ0n) is 13.0. The van der Waals surface area contributed by atoms with E-state index in [0.29, 0.717) is 11.9 Å². The normalized spacial score (nSPS) is 12.5. The highest BCUT2D eigenvalue weighted by atomic mass is 35.5. The van der Waals surface area contributed by atoms with Gasteiger partial charge in [0.2, 0.25) is 0 Å². The molecule has 0 spiro atoms. The van der Waals surface area contributed by atoms with E-state index in [4.69, 9.17) is 11.6 Å². The molecule has 0 bridgehead atoms. The number of fused-ring (bicyclic) bond motifs is 1. The van der Waals surface area contributed by atoms with Crippen molar-refractivity contribution in [3.05, 3.63) is 69.5 Å². The Hall–Kier alpha value is -1.78. The summed E-state index contributed by atoms with van der Waals surface area (Å²) < 4.78 is 1.72. The number of aromatic nitrogens is 2. The SMILES string of the molecule is CCn1c(S[C@@H](C)c2ccccc2Cl)nc2ccccc2c1=O. The molecule has 0 saturated carbocycles. The molecule has 1 atom stereocenters. The van der Waals surface area contributed by atoms with Crippen LogP contribution in [0.15, 0.2) is 58.5 Å². The number of benzene rings is 2. The lowest BCUT2D eigenvalue weighted by Crippen LogP contribution is -2.22. The van der Waals surface area contributed by atoms with Crippen molar-refractivity contribution >= 4 is 34.3 Å². The molecule has 3 nitrogen and oxygen atoms in total. The maximum Gasteiger partial charge on any atom is 0.262 e. The van der Waals surface area contributed by atoms with E-state index in [1.165, 1.54) is 0 Å². The van der Waals surface area contributed by atoms with Crippen LogP contribution in [0, 0.1) is 0 Å². The molecule has 0 fully saturated rings. The summed E-state index contributed by atoms with van der Waals surface area (Å²) in [7, 11) is 0. The Balaban J connectivity index is 2.06. The lowest BCUT2D eigenvalue weighted by Gasteiger charge is -2.16. The van der Waals surface area contributed by atoms with Crippen LogP contribution in [0.4, 0.5) is 0 Å². The number of hydrogen-bond donors (Lipinski definition) is 0. The van der Waals surface area contributed by atoms with E-state index in [0.717, 1.165) is 21.3 Å². The lowest BCUT2D eigenvalue weighted by molar-refractivity contribution is 0.633. The van der Waals surface area contributed by atoms with E-state index in [1.54, 1.807) is 16.3 Å². The van der Waals surface area contributed by atoms with Gasteiger partial charge in [-0.1, -0.05) is 53.7 Å². The summed E-state index contributed by atoms with van der Waals surface area (Å²) in [6.07, 6.45) is 0. The second-order valence-electron chi connectivity index (χ2n) is 5.24. The second kappa shape index (κ2) is 6.77. The van der Waals surface area contributed by atoms with E-state index in [9.17, 15) is 4.79 Å². The summed E-state index contributed by atoms with van der Waals surface area (Å²) in [6, 6.07) is 15.2. The van der Waals surface area contributed by atoms with Crippen LogP contribution >= 0.6 is 23.4 Å². The quantitative estimate of drug-likeness (QED) is 0.497. The van der Waals surface area contributed by atoms with Crippen LogP contribution in [0.25, 0.3) is 10.9 Å². The predicted octanol–water partition coefficient (Wildman–Crippen LogP) is 4.92. The number of thioether (sulfide) groups is 1. The van der Waals surface area contributed by atoms with Gasteiger partial charge in [0.1, 0.15) is 0 Å². The van der Waals surface area contributed by atoms with Crippen LogP contribution in [0.3, 0.4) is 0 Å². The van der Waals surface area contributed by atoms with Crippen LogP contribution in [0.5, 0.6) is 0 Å². The summed E-state index contributed by atoms with van der Waals surface area (Å²) in [5.74, 6) is 0. The highest BCUT2D eigenvalue weighted by Crippen LogP contribution is 2.36. The predicted molar refractivity (Wildman–Crippen MR) is 97.4 cm³/mol. The molecule has 3 aromatic rings. The van der Waals surface area contributed by atoms with Gasteiger partial charge in [0.15, 0.2) is 5.16 Å². The van der Waals surface area contributed by atoms with Gasteiger partial charge in [0.25, 0.3) is 5.56 Å². The molecular formula is C18H17ClN2OS. The van der Waals surface area contributed by atoms with E-state index < -0.39 is 0 Å². The molecule has 23 heavy (non-hydrogen) atoms. The third-order valence-corrected chi connectivity index (χ3v) is 5.24. The summed E-state index contributed by atoms with van der Waals surface area (Å²) in [5.41, 5.74) is 1.78. The number of nitrogens with zero attached hydrogens (tertiary/aromatic N) is 2. The Morgan fingerprint density at radius 2 is 1.87 bits per heavy atom. The third kappa shape index (κ3) is 3.14. The minimum atomic E-state index is 0.00644. The number of hydrogen-bond acceptors (Lipinski definition) is 3. The average molecular weight is 345 g/mol. The van der Waals surface area contributed by atoms with Gasteiger partial charge in [-0.3, -0.25) is 9.36 Å². The molecule has 0 radical (unpaired) electrons. The van der Waals surface area contributed by atoms with Gasteiger partial charge >= 0.3 is 0 Å². The maximum atomic E-state index is 12.6. The molecule has 0 saturated heterocycles. The molecule has 5 heteroatoms. The van der Waals surface area contributed by atoms with Gasteiger partial charge in [0.05, 0.1) is 10.9 Å². The van der Waals surface area contributed by atoms with Gasteiger partial charge in [-0.2, -0.15) is 0 Å². The van der Waals surface area contributed by atoms with Gasteiger partial charge in [-0.05, 0) is 37.6 Å². The molecule has 0 N–H and O–H groups in total. The first-order valence-corrected chi connectivity index (χ1v) is 8.78. The summed E-state index contributed by atoms with van der Waals surface area (Å²) in [4.78, 5) is 17.3. The molecule has 118 valence electrons. The van der Waals surface area contributed by atoms with Gasteiger partial charge in [0, 0.05) is 16.8 Å². The molecule has 1 heterocycles. The molecule has 3 rings (SSSR count). The zero-order valence-corrected chi connectivity index (χ0v) is 14.6. The molecule has 0 aliphatic heterocycles. The Bertz CT molecular complexity index is 907. The van der Waals surface area contributed by atoms with E-state index in [2.05, 4.69) is 11.9 Å². The van der Waals surface area contributed by atoms with Crippen molar-refractivity contribution in [2.75, 3.05) is 0 Å². The van der Waals surface area contributed by atoms with Crippen LogP contribution in [0.2, 0.25) is 5.02 Å². The molecule has 2 aromatic carbocycles. The largest absolute Gasteiger partial charge is 0.287 e. The molecule has 0 aliphatic carbocycles. The van der Waals surface area contributed by atoms with Crippen molar-refractivity contribution < 1.29 is 0 Å². The first-order chi connectivity index (χ1) is 11.1. The molecule has 0 amide bonds. The summed E-state index contributed by atoms with van der Waals surface area (Å²) in [6.45, 7) is 4.63. The Labute approximate surface area is 144 Å². The fourth-order valence-corrected chi connectivity index (χ4v) is 4.05. The second-order valence-corrected chi connectivity index (χ2v) is 6.96. The van der Waals surface area contributed by atoms with Crippen molar-refractivity contribution in [1.29, 1.82) is 0 Å². The van der Waals surface area contributed by atoms with Gasteiger partial charge < -0.3 is 0 Å². The lowest BCUT2D eigenvalue weighted by atomic mass is 10.2. The fourth-order valence-electron chi connectivity index (χ4n) is 2.54. The molecule has 0 aliphatic rings. The monoisotopic (exact) mass is 344 g/mol. The molecular weight excluding hydrogens is 328 g/mol. The van der Waals surface area contributed by atoms with Crippen molar-refractivity contribution in [2.45, 2.75) is 30.8 Å². The smallest absolute Gasteiger partial charge is 0.262 e. The van der Waals surface area contributed by atoms with E-state index in [1.807, 2.05) is 55.5 Å². The van der Waals surface area contributed by atoms with E-state index in [-0.39, 0.29) is 10.8 Å². The van der Waals surface area contributed by atoms with Gasteiger partial charge in [-0.15, -0.1) is 0 Å². The highest BCUT2D eigenvalue weighted by Gasteiger charge is 2.16. The highest BCUT2D eigenvalue weighted by molar-refractivity contribution is 7.99.